The zero-order valence-corrected chi connectivity index (χ0v) is 18.5. The Bertz CT molecular complexity index is 1430. The summed E-state index contributed by atoms with van der Waals surface area (Å²) >= 11 is 12.7. The van der Waals surface area contributed by atoms with Crippen LogP contribution in [0.3, 0.4) is 0 Å². The number of carbonyl (C=O) groups excluding carboxylic acids is 1. The standard InChI is InChI=1S/C21H13ClN6O2S2/c22-14-5-1-3-12(9-14)16-7-8-17(30-16)18(29)25-20(31)24-15-6-2-4-13(10-15)19-27-28-11-23-26-21(28)32-19/h1-11H,(H2,24,25,29,31). The molecule has 0 fully saturated rings. The van der Waals surface area contributed by atoms with E-state index in [0.29, 0.717) is 21.4 Å². The first-order valence-electron chi connectivity index (χ1n) is 9.30. The first-order valence-corrected chi connectivity index (χ1v) is 10.9. The number of hydrogen-bond donors (Lipinski definition) is 2. The van der Waals surface area contributed by atoms with Crippen LogP contribution in [-0.4, -0.2) is 30.8 Å². The van der Waals surface area contributed by atoms with E-state index in [0.717, 1.165) is 16.1 Å². The highest BCUT2D eigenvalue weighted by molar-refractivity contribution is 7.80. The minimum atomic E-state index is -0.458. The van der Waals surface area contributed by atoms with E-state index in [2.05, 4.69) is 25.9 Å². The first kappa shape index (κ1) is 20.3. The molecule has 8 nitrogen and oxygen atoms in total. The van der Waals surface area contributed by atoms with E-state index in [1.54, 1.807) is 35.1 Å². The molecule has 0 saturated heterocycles. The average Bonchev–Trinajstić information content (AvgIpc) is 3.50. The van der Waals surface area contributed by atoms with Crippen LogP contribution >= 0.6 is 35.2 Å². The molecule has 0 radical (unpaired) electrons. The molecule has 0 bridgehead atoms. The first-order chi connectivity index (χ1) is 15.5. The molecule has 32 heavy (non-hydrogen) atoms. The monoisotopic (exact) mass is 480 g/mol. The highest BCUT2D eigenvalue weighted by Crippen LogP contribution is 2.27. The third-order valence-electron chi connectivity index (χ3n) is 4.42. The summed E-state index contributed by atoms with van der Waals surface area (Å²) in [7, 11) is 0. The molecule has 2 N–H and O–H groups in total. The number of amides is 1. The molecule has 1 amide bonds. The lowest BCUT2D eigenvalue weighted by atomic mass is 10.2. The van der Waals surface area contributed by atoms with E-state index in [9.17, 15) is 4.79 Å². The predicted molar refractivity (Wildman–Crippen MR) is 127 cm³/mol. The Balaban J connectivity index is 1.26. The van der Waals surface area contributed by atoms with Gasteiger partial charge in [0.25, 0.3) is 5.91 Å². The van der Waals surface area contributed by atoms with Crippen LogP contribution in [0.2, 0.25) is 5.02 Å². The maximum Gasteiger partial charge on any atom is 0.293 e. The van der Waals surface area contributed by atoms with Crippen molar-refractivity contribution in [1.82, 2.24) is 25.1 Å². The van der Waals surface area contributed by atoms with Crippen LogP contribution in [0, 0.1) is 0 Å². The summed E-state index contributed by atoms with van der Waals surface area (Å²) in [6.07, 6.45) is 1.55. The molecule has 11 heteroatoms. The number of thiocarbonyl (C=S) groups is 1. The third kappa shape index (κ3) is 4.24. The molecule has 158 valence electrons. The number of nitrogens with one attached hydrogen (secondary N) is 2. The van der Waals surface area contributed by atoms with E-state index in [1.165, 1.54) is 11.3 Å². The van der Waals surface area contributed by atoms with Crippen molar-refractivity contribution < 1.29 is 9.21 Å². The van der Waals surface area contributed by atoms with Crippen molar-refractivity contribution in [3.63, 3.8) is 0 Å². The zero-order valence-electron chi connectivity index (χ0n) is 16.2. The Hall–Kier alpha value is -3.60. The van der Waals surface area contributed by atoms with Crippen LogP contribution in [-0.2, 0) is 0 Å². The van der Waals surface area contributed by atoms with Crippen molar-refractivity contribution in [3.8, 4) is 21.9 Å². The van der Waals surface area contributed by atoms with Crippen LogP contribution in [0.5, 0.6) is 0 Å². The summed E-state index contributed by atoms with van der Waals surface area (Å²) in [5, 5.41) is 19.4. The molecule has 2 aromatic carbocycles. The average molecular weight is 481 g/mol. The molecule has 5 rings (SSSR count). The summed E-state index contributed by atoms with van der Waals surface area (Å²) in [5.74, 6) is 0.215. The molecule has 3 heterocycles. The van der Waals surface area contributed by atoms with Gasteiger partial charge in [0.1, 0.15) is 17.1 Å². The lowest BCUT2D eigenvalue weighted by molar-refractivity contribution is 0.0951. The largest absolute Gasteiger partial charge is 0.451 e. The molecule has 5 aromatic rings. The minimum Gasteiger partial charge on any atom is -0.451 e. The Labute approximate surface area is 195 Å². The van der Waals surface area contributed by atoms with Crippen LogP contribution in [0.4, 0.5) is 5.69 Å². The molecule has 0 unspecified atom stereocenters. The molecule has 0 aliphatic heterocycles. The fourth-order valence-electron chi connectivity index (χ4n) is 2.99. The highest BCUT2D eigenvalue weighted by atomic mass is 35.5. The Kier molecular flexibility index (Phi) is 5.39. The fraction of sp³-hybridized carbons (Fsp3) is 0. The fourth-order valence-corrected chi connectivity index (χ4v) is 4.21. The van der Waals surface area contributed by atoms with Crippen LogP contribution in [0.25, 0.3) is 26.9 Å². The van der Waals surface area contributed by atoms with Gasteiger partial charge in [0.2, 0.25) is 4.96 Å². The van der Waals surface area contributed by atoms with Crippen molar-refractivity contribution in [2.24, 2.45) is 0 Å². The lowest BCUT2D eigenvalue weighted by Gasteiger charge is -2.09. The second-order valence-corrected chi connectivity index (χ2v) is 8.43. The number of nitrogens with zero attached hydrogens (tertiary/aromatic N) is 4. The summed E-state index contributed by atoms with van der Waals surface area (Å²) in [5.41, 5.74) is 2.37. The van der Waals surface area contributed by atoms with Crippen LogP contribution in [0.1, 0.15) is 10.6 Å². The van der Waals surface area contributed by atoms with Gasteiger partial charge >= 0.3 is 0 Å². The lowest BCUT2D eigenvalue weighted by Crippen LogP contribution is -2.33. The summed E-state index contributed by atoms with van der Waals surface area (Å²) in [4.78, 5) is 13.2. The van der Waals surface area contributed by atoms with Crippen molar-refractivity contribution in [2.75, 3.05) is 5.32 Å². The Morgan fingerprint density at radius 1 is 1.09 bits per heavy atom. The molecule has 0 saturated carbocycles. The molecular formula is C21H13ClN6O2S2. The van der Waals surface area contributed by atoms with Crippen molar-refractivity contribution >= 4 is 56.8 Å². The Morgan fingerprint density at radius 2 is 1.94 bits per heavy atom. The van der Waals surface area contributed by atoms with Crippen LogP contribution < -0.4 is 10.6 Å². The SMILES string of the molecule is O=C(NC(=S)Nc1cccc(-c2nn3cnnc3s2)c1)c1ccc(-c2cccc(Cl)c2)o1. The van der Waals surface area contributed by atoms with Gasteiger partial charge in [-0.1, -0.05) is 47.2 Å². The normalized spacial score (nSPS) is 10.9. The molecule has 0 atom stereocenters. The number of aromatic nitrogens is 4. The summed E-state index contributed by atoms with van der Waals surface area (Å²) in [6, 6.07) is 18.0. The van der Waals surface area contributed by atoms with E-state index in [1.807, 2.05) is 36.4 Å². The number of hydrogen-bond acceptors (Lipinski definition) is 7. The second-order valence-electron chi connectivity index (χ2n) is 6.63. The number of anilines is 1. The van der Waals surface area contributed by atoms with Crippen molar-refractivity contribution in [3.05, 3.63) is 77.8 Å². The van der Waals surface area contributed by atoms with Gasteiger partial charge in [0, 0.05) is 21.8 Å². The molecule has 0 aliphatic rings. The van der Waals surface area contributed by atoms with Gasteiger partial charge < -0.3 is 9.73 Å². The number of halogens is 1. The quantitative estimate of drug-likeness (QED) is 0.353. The minimum absolute atomic E-state index is 0.137. The number of furan rings is 1. The smallest absolute Gasteiger partial charge is 0.293 e. The summed E-state index contributed by atoms with van der Waals surface area (Å²) in [6.45, 7) is 0. The molecule has 0 spiro atoms. The van der Waals surface area contributed by atoms with E-state index in [4.69, 9.17) is 28.2 Å². The zero-order chi connectivity index (χ0) is 22.1. The predicted octanol–water partition coefficient (Wildman–Crippen LogP) is 4.89. The third-order valence-corrected chi connectivity index (χ3v) is 5.82. The van der Waals surface area contributed by atoms with Gasteiger partial charge in [-0.3, -0.25) is 10.1 Å². The number of rotatable bonds is 4. The van der Waals surface area contributed by atoms with Crippen molar-refractivity contribution in [1.29, 1.82) is 0 Å². The van der Waals surface area contributed by atoms with Gasteiger partial charge in [-0.05, 0) is 48.6 Å². The van der Waals surface area contributed by atoms with Crippen molar-refractivity contribution in [2.45, 2.75) is 0 Å². The second kappa shape index (κ2) is 8.50. The molecular weight excluding hydrogens is 468 g/mol. The number of benzene rings is 2. The van der Waals surface area contributed by atoms with E-state index < -0.39 is 5.91 Å². The van der Waals surface area contributed by atoms with Gasteiger partial charge in [0.15, 0.2) is 10.9 Å². The number of fused-ring (bicyclic) bond motifs is 1. The number of carbonyl (C=O) groups is 1. The van der Waals surface area contributed by atoms with Crippen LogP contribution in [0.15, 0.2) is 71.4 Å². The highest BCUT2D eigenvalue weighted by Gasteiger charge is 2.14. The topological polar surface area (TPSA) is 97.4 Å². The summed E-state index contributed by atoms with van der Waals surface area (Å²) < 4.78 is 7.27. The van der Waals surface area contributed by atoms with E-state index in [-0.39, 0.29) is 10.9 Å². The molecule has 3 aromatic heterocycles. The van der Waals surface area contributed by atoms with E-state index >= 15 is 0 Å². The maximum absolute atomic E-state index is 12.5. The van der Waals surface area contributed by atoms with Gasteiger partial charge in [-0.2, -0.15) is 9.61 Å². The Morgan fingerprint density at radius 3 is 2.78 bits per heavy atom. The maximum atomic E-state index is 12.5. The van der Waals surface area contributed by atoms with Gasteiger partial charge in [0.05, 0.1) is 0 Å². The van der Waals surface area contributed by atoms with Gasteiger partial charge in [-0.25, -0.2) is 0 Å². The van der Waals surface area contributed by atoms with Gasteiger partial charge in [-0.15, -0.1) is 10.2 Å². The molecule has 0 aliphatic carbocycles.